The molecule has 6 nitrogen and oxygen atoms in total. The first-order valence-electron chi connectivity index (χ1n) is 8.59. The Morgan fingerprint density at radius 2 is 1.96 bits per heavy atom. The molecule has 0 aliphatic carbocycles. The molecule has 27 heavy (non-hydrogen) atoms. The summed E-state index contributed by atoms with van der Waals surface area (Å²) in [6, 6.07) is 11.2. The Labute approximate surface area is 163 Å². The summed E-state index contributed by atoms with van der Waals surface area (Å²) in [6.07, 6.45) is 4.37. The van der Waals surface area contributed by atoms with Crippen LogP contribution in [0.2, 0.25) is 5.15 Å². The molecule has 0 amide bonds. The highest BCUT2D eigenvalue weighted by molar-refractivity contribution is 6.29. The van der Waals surface area contributed by atoms with Gasteiger partial charge in [-0.25, -0.2) is 9.97 Å². The number of hydrogen-bond donors (Lipinski definition) is 2. The van der Waals surface area contributed by atoms with E-state index < -0.39 is 11.8 Å². The number of nitrogens with one attached hydrogen (secondary N) is 1. The summed E-state index contributed by atoms with van der Waals surface area (Å²) in [4.78, 5) is 8.14. The molecule has 0 aliphatic rings. The predicted octanol–water partition coefficient (Wildman–Crippen LogP) is 3.70. The van der Waals surface area contributed by atoms with E-state index in [0.717, 1.165) is 22.6 Å². The number of rotatable bonds is 8. The second-order valence-electron chi connectivity index (χ2n) is 6.92. The number of oxazole rings is 1. The number of ether oxygens (including phenoxy) is 1. The van der Waals surface area contributed by atoms with Crippen molar-refractivity contribution in [2.75, 3.05) is 6.61 Å². The zero-order valence-electron chi connectivity index (χ0n) is 15.2. The summed E-state index contributed by atoms with van der Waals surface area (Å²) < 4.78 is 10.9. The van der Waals surface area contributed by atoms with Gasteiger partial charge in [-0.15, -0.1) is 0 Å². The number of hydrogen-bond acceptors (Lipinski definition) is 6. The lowest BCUT2D eigenvalue weighted by atomic mass is 10.1. The smallest absolute Gasteiger partial charge is 0.181 e. The molecule has 0 saturated heterocycles. The summed E-state index contributed by atoms with van der Waals surface area (Å²) >= 11 is 5.78. The molecule has 2 aromatic heterocycles. The van der Waals surface area contributed by atoms with E-state index in [1.54, 1.807) is 18.5 Å². The second kappa shape index (κ2) is 8.52. The maximum Gasteiger partial charge on any atom is 0.181 e. The Kier molecular flexibility index (Phi) is 6.11. The maximum absolute atomic E-state index is 10.3. The molecular formula is C20H22ClN3O3. The molecule has 2 heterocycles. The van der Waals surface area contributed by atoms with E-state index in [1.165, 1.54) is 6.39 Å². The van der Waals surface area contributed by atoms with E-state index in [9.17, 15) is 5.11 Å². The average Bonchev–Trinajstić information content (AvgIpc) is 3.17. The van der Waals surface area contributed by atoms with Crippen LogP contribution in [-0.2, 0) is 6.42 Å². The fraction of sp³-hybridized carbons (Fsp3) is 0.300. The minimum atomic E-state index is -0.721. The van der Waals surface area contributed by atoms with Crippen LogP contribution in [-0.4, -0.2) is 33.4 Å². The van der Waals surface area contributed by atoms with Gasteiger partial charge in [0.1, 0.15) is 35.7 Å². The van der Waals surface area contributed by atoms with Gasteiger partial charge in [0.25, 0.3) is 0 Å². The van der Waals surface area contributed by atoms with Gasteiger partial charge in [-0.05, 0) is 49.7 Å². The zero-order chi connectivity index (χ0) is 19.3. The largest absolute Gasteiger partial charge is 0.492 e. The van der Waals surface area contributed by atoms with Crippen molar-refractivity contribution < 1.29 is 14.3 Å². The molecule has 0 radical (unpaired) electrons. The first-order chi connectivity index (χ1) is 12.9. The molecule has 7 heteroatoms. The van der Waals surface area contributed by atoms with Crippen LogP contribution in [0.5, 0.6) is 5.75 Å². The topological polar surface area (TPSA) is 80.4 Å². The molecule has 0 fully saturated rings. The standard InChI is InChI=1S/C20H22ClN3O3/c1-20(2,24-19(25)9-14-3-8-18(21)22-10-14)12-27-16-6-4-15(5-7-16)17-11-26-13-23-17/h3-8,10-11,13,19,24-25H,9,12H2,1-2H3/t19-/m1/s1. The number of nitrogens with zero attached hydrogens (tertiary/aromatic N) is 2. The van der Waals surface area contributed by atoms with Crippen LogP contribution in [0.15, 0.2) is 59.7 Å². The SMILES string of the molecule is CC(C)(COc1ccc(-c2cocn2)cc1)N[C@H](O)Cc1ccc(Cl)nc1. The van der Waals surface area contributed by atoms with Crippen LogP contribution in [0.3, 0.4) is 0 Å². The normalized spacial score (nSPS) is 12.7. The monoisotopic (exact) mass is 387 g/mol. The minimum Gasteiger partial charge on any atom is -0.492 e. The van der Waals surface area contributed by atoms with Gasteiger partial charge < -0.3 is 14.3 Å². The molecule has 142 valence electrons. The maximum atomic E-state index is 10.3. The van der Waals surface area contributed by atoms with Crippen molar-refractivity contribution >= 4 is 11.6 Å². The van der Waals surface area contributed by atoms with Gasteiger partial charge in [-0.1, -0.05) is 17.7 Å². The van der Waals surface area contributed by atoms with Crippen molar-refractivity contribution in [2.24, 2.45) is 0 Å². The second-order valence-corrected chi connectivity index (χ2v) is 7.31. The number of aliphatic hydroxyl groups is 1. The molecule has 0 unspecified atom stereocenters. The molecule has 3 rings (SSSR count). The van der Waals surface area contributed by atoms with E-state index in [1.807, 2.05) is 44.2 Å². The lowest BCUT2D eigenvalue weighted by Crippen LogP contribution is -2.50. The van der Waals surface area contributed by atoms with Gasteiger partial charge in [-0.3, -0.25) is 5.32 Å². The van der Waals surface area contributed by atoms with Crippen LogP contribution >= 0.6 is 11.6 Å². The molecular weight excluding hydrogens is 366 g/mol. The number of aromatic nitrogens is 2. The quantitative estimate of drug-likeness (QED) is 0.453. The van der Waals surface area contributed by atoms with Crippen molar-refractivity contribution in [2.45, 2.75) is 32.0 Å². The summed E-state index contributed by atoms with van der Waals surface area (Å²) in [7, 11) is 0. The van der Waals surface area contributed by atoms with Gasteiger partial charge in [0.2, 0.25) is 0 Å². The molecule has 0 saturated carbocycles. The highest BCUT2D eigenvalue weighted by Gasteiger charge is 2.22. The first-order valence-corrected chi connectivity index (χ1v) is 8.97. The van der Waals surface area contributed by atoms with Crippen molar-refractivity contribution in [3.63, 3.8) is 0 Å². The molecule has 3 aromatic rings. The third-order valence-corrected chi connectivity index (χ3v) is 4.18. The summed E-state index contributed by atoms with van der Waals surface area (Å²) in [6.45, 7) is 4.34. The Morgan fingerprint density at radius 3 is 2.59 bits per heavy atom. The highest BCUT2D eigenvalue weighted by Crippen LogP contribution is 2.21. The Hall–Kier alpha value is -2.41. The van der Waals surface area contributed by atoms with Gasteiger partial charge in [0, 0.05) is 23.7 Å². The van der Waals surface area contributed by atoms with Crippen LogP contribution < -0.4 is 10.1 Å². The number of halogens is 1. The van der Waals surface area contributed by atoms with Gasteiger partial charge in [-0.2, -0.15) is 0 Å². The van der Waals surface area contributed by atoms with Crippen molar-refractivity contribution in [1.82, 2.24) is 15.3 Å². The molecule has 2 N–H and O–H groups in total. The summed E-state index contributed by atoms with van der Waals surface area (Å²) in [5.74, 6) is 0.744. The Bertz CT molecular complexity index is 834. The Balaban J connectivity index is 1.50. The van der Waals surface area contributed by atoms with E-state index in [2.05, 4.69) is 15.3 Å². The van der Waals surface area contributed by atoms with Crippen molar-refractivity contribution in [3.8, 4) is 17.0 Å². The van der Waals surface area contributed by atoms with E-state index in [4.69, 9.17) is 20.8 Å². The summed E-state index contributed by atoms with van der Waals surface area (Å²) in [5.41, 5.74) is 2.22. The highest BCUT2D eigenvalue weighted by atomic mass is 35.5. The van der Waals surface area contributed by atoms with Gasteiger partial charge >= 0.3 is 0 Å². The average molecular weight is 388 g/mol. The summed E-state index contributed by atoms with van der Waals surface area (Å²) in [5, 5.41) is 13.9. The minimum absolute atomic E-state index is 0.395. The van der Waals surface area contributed by atoms with Crippen LogP contribution in [0.4, 0.5) is 0 Å². The van der Waals surface area contributed by atoms with Crippen LogP contribution in [0.25, 0.3) is 11.3 Å². The molecule has 1 atom stereocenters. The Morgan fingerprint density at radius 1 is 1.19 bits per heavy atom. The fourth-order valence-corrected chi connectivity index (χ4v) is 2.75. The lowest BCUT2D eigenvalue weighted by Gasteiger charge is -2.29. The van der Waals surface area contributed by atoms with Crippen LogP contribution in [0.1, 0.15) is 19.4 Å². The van der Waals surface area contributed by atoms with Crippen molar-refractivity contribution in [1.29, 1.82) is 0 Å². The molecule has 0 aliphatic heterocycles. The van der Waals surface area contributed by atoms with E-state index in [0.29, 0.717) is 18.2 Å². The predicted molar refractivity (Wildman–Crippen MR) is 104 cm³/mol. The van der Waals surface area contributed by atoms with Gasteiger partial charge in [0.15, 0.2) is 6.39 Å². The van der Waals surface area contributed by atoms with Crippen LogP contribution in [0, 0.1) is 0 Å². The number of pyridine rings is 1. The van der Waals surface area contributed by atoms with E-state index >= 15 is 0 Å². The van der Waals surface area contributed by atoms with E-state index in [-0.39, 0.29) is 0 Å². The van der Waals surface area contributed by atoms with Gasteiger partial charge in [0.05, 0.1) is 0 Å². The molecule has 0 bridgehead atoms. The number of benzene rings is 1. The number of aliphatic hydroxyl groups excluding tert-OH is 1. The molecule has 0 spiro atoms. The van der Waals surface area contributed by atoms with Crippen molar-refractivity contribution in [3.05, 3.63) is 66.0 Å². The lowest BCUT2D eigenvalue weighted by molar-refractivity contribution is 0.0799. The third kappa shape index (κ3) is 5.79. The first kappa shape index (κ1) is 19.4. The fourth-order valence-electron chi connectivity index (χ4n) is 2.63. The molecule has 1 aromatic carbocycles. The third-order valence-electron chi connectivity index (χ3n) is 3.96. The zero-order valence-corrected chi connectivity index (χ0v) is 16.0.